The minimum absolute atomic E-state index is 0. The van der Waals surface area contributed by atoms with Crippen molar-refractivity contribution >= 4 is 55.2 Å². The molecule has 0 radical (unpaired) electrons. The molecule has 25 heteroatoms. The number of ether oxygens (including phenoxy) is 5. The maximum atomic E-state index is 11.8. The number of hydrogen-bond donors (Lipinski definition) is 3. The Hall–Kier alpha value is -1.54. The maximum absolute atomic E-state index is 11.8. The average molecular weight is 1090 g/mol. The molecule has 0 aliphatic carbocycles. The number of rotatable bonds is 11. The number of phenolic OH excluding ortho intramolecular Hbond substituents is 1. The molecule has 19 nitrogen and oxygen atoms in total. The van der Waals surface area contributed by atoms with Crippen LogP contribution in [0.2, 0.25) is 5.15 Å². The van der Waals surface area contributed by atoms with Crippen molar-refractivity contribution in [2.75, 3.05) is 34.6 Å². The summed E-state index contributed by atoms with van der Waals surface area (Å²) in [6, 6.07) is 6.08. The van der Waals surface area contributed by atoms with Crippen LogP contribution in [0.25, 0.3) is 0 Å². The van der Waals surface area contributed by atoms with E-state index in [1.54, 1.807) is 38.4 Å². The van der Waals surface area contributed by atoms with Gasteiger partial charge in [-0.05, 0) is 36.9 Å². The number of methoxy groups -OCH3 is 2. The first-order valence-corrected chi connectivity index (χ1v) is 16.8. The van der Waals surface area contributed by atoms with Crippen molar-refractivity contribution in [3.05, 3.63) is 77.7 Å². The number of carbonyl (C=O) groups excluding carboxylic acids is 3. The molecular formula is C34H40B2ClCs2FN4O15. The van der Waals surface area contributed by atoms with Gasteiger partial charge in [-0.1, -0.05) is 11.6 Å². The molecule has 2 aliphatic rings. The summed E-state index contributed by atoms with van der Waals surface area (Å²) in [5, 5.41) is 38.4. The molecule has 308 valence electrons. The topological polar surface area (TPSA) is 260 Å². The molecule has 2 unspecified atom stereocenters. The molecule has 2 aromatic carbocycles. The van der Waals surface area contributed by atoms with Crippen molar-refractivity contribution in [3.63, 3.8) is 0 Å². The quantitative estimate of drug-likeness (QED) is 0.0420. The van der Waals surface area contributed by atoms with Gasteiger partial charge in [-0.25, -0.2) is 9.97 Å². The van der Waals surface area contributed by atoms with Crippen molar-refractivity contribution in [3.8, 4) is 28.9 Å². The van der Waals surface area contributed by atoms with Gasteiger partial charge in [0.2, 0.25) is 5.88 Å². The molecule has 0 saturated carbocycles. The normalized spacial score (nSPS) is 13.9. The monoisotopic (exact) mass is 1090 g/mol. The zero-order valence-electron chi connectivity index (χ0n) is 35.0. The van der Waals surface area contributed by atoms with Crippen LogP contribution < -0.4 is 168 Å². The first kappa shape index (κ1) is 55.5. The number of carbonyl (C=O) groups is 3. The van der Waals surface area contributed by atoms with Crippen molar-refractivity contribution in [1.29, 1.82) is 0 Å². The number of phenols is 1. The van der Waals surface area contributed by atoms with Gasteiger partial charge in [-0.3, -0.25) is 28.7 Å². The zero-order valence-corrected chi connectivity index (χ0v) is 46.3. The fourth-order valence-electron chi connectivity index (χ4n) is 5.13. The van der Waals surface area contributed by atoms with E-state index in [0.29, 0.717) is 50.3 Å². The molecule has 0 saturated heterocycles. The van der Waals surface area contributed by atoms with Crippen molar-refractivity contribution in [1.82, 2.24) is 19.9 Å². The van der Waals surface area contributed by atoms with E-state index in [2.05, 4.69) is 24.8 Å². The molecule has 4 aromatic rings. The Morgan fingerprint density at radius 3 is 1.76 bits per heavy atom. The maximum Gasteiger partial charge on any atom is 1.00 e. The van der Waals surface area contributed by atoms with Gasteiger partial charge in [0.15, 0.2) is 0 Å². The molecule has 0 fully saturated rings. The Bertz CT molecular complexity index is 1890. The van der Waals surface area contributed by atoms with Crippen LogP contribution in [0.3, 0.4) is 0 Å². The van der Waals surface area contributed by atoms with Gasteiger partial charge in [0, 0.05) is 48.0 Å². The Labute approximate surface area is 465 Å². The van der Waals surface area contributed by atoms with Crippen LogP contribution in [0.5, 0.6) is 28.9 Å². The third kappa shape index (κ3) is 19.2. The summed E-state index contributed by atoms with van der Waals surface area (Å²) < 4.78 is 52.3. The van der Waals surface area contributed by atoms with Crippen LogP contribution in [-0.4, -0.2) is 102 Å². The Morgan fingerprint density at radius 2 is 1.37 bits per heavy atom. The molecule has 3 N–H and O–H groups in total. The number of alkyl halides is 1. The first-order valence-electron chi connectivity index (χ1n) is 17.2. The Morgan fingerprint density at radius 1 is 0.898 bits per heavy atom. The van der Waals surface area contributed by atoms with Crippen molar-refractivity contribution in [2.24, 2.45) is 0 Å². The number of aromatic nitrogens is 4. The summed E-state index contributed by atoms with van der Waals surface area (Å²) in [4.78, 5) is 49.9. The summed E-state index contributed by atoms with van der Waals surface area (Å²) >= 11 is 5.37. The largest absolute Gasteiger partial charge is 1.00 e. The summed E-state index contributed by atoms with van der Waals surface area (Å²) in [6.07, 6.45) is 7.80. The van der Waals surface area contributed by atoms with E-state index in [9.17, 15) is 29.1 Å². The first-order chi connectivity index (χ1) is 27.9. The fourth-order valence-corrected chi connectivity index (χ4v) is 5.24. The summed E-state index contributed by atoms with van der Waals surface area (Å²) in [5.74, 6) is 0.687. The van der Waals surface area contributed by atoms with E-state index in [-0.39, 0.29) is 177 Å². The van der Waals surface area contributed by atoms with Gasteiger partial charge in [0.05, 0.1) is 73.4 Å². The Kier molecular flexibility index (Phi) is 30.3. The van der Waals surface area contributed by atoms with Gasteiger partial charge in [-0.15, -0.1) is 0 Å². The molecule has 2 aromatic heterocycles. The molecule has 2 atom stereocenters. The van der Waals surface area contributed by atoms with Gasteiger partial charge in [0.1, 0.15) is 28.2 Å². The van der Waals surface area contributed by atoms with E-state index < -0.39 is 45.5 Å². The second-order valence-corrected chi connectivity index (χ2v) is 11.0. The number of halogens is 2. The molecule has 6 rings (SSSR count). The van der Waals surface area contributed by atoms with Gasteiger partial charge in [0.25, 0.3) is 6.47 Å². The molecule has 0 bridgehead atoms. The predicted octanol–water partition coefficient (Wildman–Crippen LogP) is -4.63. The predicted molar refractivity (Wildman–Crippen MR) is 197 cm³/mol. The number of fused-ring (bicyclic) bond motifs is 2. The summed E-state index contributed by atoms with van der Waals surface area (Å²) in [6.45, 7) is 3.83. The van der Waals surface area contributed by atoms with Crippen LogP contribution in [-0.2, 0) is 38.1 Å². The SMILES string of the molecule is CCOC(=O)CC1OB(O)c2cc(O)cc(OC)c21.CCOC(=O)CC1OB(O)c2cc(Oc3cnccn3)cc(OC)c21.Clc1cnccn1.O=CO[O-].[2H]CF.[Cs+].[Cs+].[H-]. The molecule has 0 amide bonds. The second-order valence-electron chi connectivity index (χ2n) is 10.6. The number of nitrogens with zero attached hydrogens (tertiary/aromatic N) is 4. The molecule has 4 heterocycles. The molecule has 59 heavy (non-hydrogen) atoms. The summed E-state index contributed by atoms with van der Waals surface area (Å²) in [7, 11) is -0.432. The van der Waals surface area contributed by atoms with Crippen LogP contribution in [0.1, 0.15) is 52.8 Å². The third-order valence-electron chi connectivity index (χ3n) is 7.16. The van der Waals surface area contributed by atoms with Crippen LogP contribution in [0, 0.1) is 0 Å². The van der Waals surface area contributed by atoms with Crippen LogP contribution in [0.4, 0.5) is 4.39 Å². The fraction of sp³-hybridized carbons (Fsp3) is 0.324. The molecule has 0 spiro atoms. The van der Waals surface area contributed by atoms with Crippen molar-refractivity contribution < 1.29 is 218 Å². The van der Waals surface area contributed by atoms with Crippen LogP contribution in [0.15, 0.2) is 61.4 Å². The average Bonchev–Trinajstić information content (AvgIpc) is 3.69. The minimum Gasteiger partial charge on any atom is -1.00 e. The smallest absolute Gasteiger partial charge is 1.00 e. The van der Waals surface area contributed by atoms with E-state index in [1.807, 2.05) is 0 Å². The molecule has 2 aliphatic heterocycles. The zero-order chi connectivity index (χ0) is 43.0. The van der Waals surface area contributed by atoms with Crippen molar-refractivity contribution in [2.45, 2.75) is 38.9 Å². The van der Waals surface area contributed by atoms with E-state index in [1.165, 1.54) is 51.1 Å². The van der Waals surface area contributed by atoms with Gasteiger partial charge >= 0.3 is 164 Å². The number of esters is 2. The molecular weight excluding hydrogens is 1050 g/mol. The van der Waals surface area contributed by atoms with Gasteiger partial charge in [-0.2, -0.15) is 0 Å². The number of benzene rings is 2. The minimum atomic E-state index is -1.19. The van der Waals surface area contributed by atoms with E-state index in [4.69, 9.17) is 56.0 Å². The van der Waals surface area contributed by atoms with E-state index in [0.717, 1.165) is 0 Å². The standard InChI is InChI=1S/C16H17BN2O6.C12H15BO6.C4H3ClN2.CH3F.CH2O3.2Cs.H/c1-3-23-15(20)8-13-16-11(17(21)25-13)6-10(7-12(16)22-2)24-14-9-18-4-5-19-14;1-3-18-11(15)6-10-12-8(13(16)19-10)4-7(14)5-9(12)17-2;5-4-3-6-1-2-7-4;1-2;2-1-4-3;;;/h4-7,9,13,21H,3,8H2,1-2H3;4-5,10,14,16H,3,6H2,1-2H3;1-3H;1H3;1,3H;;;/q;;;;;2*+1;-1/p-1/i;;;1D;;;;. The Balaban J connectivity index is 0. The second kappa shape index (κ2) is 32.2. The third-order valence-corrected chi connectivity index (χ3v) is 7.35. The number of aromatic hydroxyl groups is 1. The summed E-state index contributed by atoms with van der Waals surface area (Å²) in [5.41, 5.74) is 2.06. The van der Waals surface area contributed by atoms with Crippen LogP contribution >= 0.6 is 11.6 Å². The van der Waals surface area contributed by atoms with E-state index >= 15 is 0 Å². The number of hydrogen-bond acceptors (Lipinski definition) is 19. The van der Waals surface area contributed by atoms with Gasteiger partial charge < -0.3 is 59.7 Å².